The van der Waals surface area contributed by atoms with Crippen molar-refractivity contribution in [2.24, 2.45) is 0 Å². The molecule has 0 heterocycles. The van der Waals surface area contributed by atoms with E-state index in [4.69, 9.17) is 4.55 Å². The third-order valence-electron chi connectivity index (χ3n) is 1.80. The summed E-state index contributed by atoms with van der Waals surface area (Å²) in [5.41, 5.74) is 0.443. The SMILES string of the molecule is CC(S)C(=O)Nc1ccc(S(=O)(=O)O)cc1.[KH]. The topological polar surface area (TPSA) is 83.5 Å². The first-order valence-electron chi connectivity index (χ1n) is 4.37. The van der Waals surface area contributed by atoms with E-state index in [2.05, 4.69) is 17.9 Å². The van der Waals surface area contributed by atoms with E-state index < -0.39 is 15.4 Å². The van der Waals surface area contributed by atoms with Gasteiger partial charge >= 0.3 is 51.4 Å². The molecule has 0 saturated heterocycles. The van der Waals surface area contributed by atoms with Crippen LogP contribution in [0.3, 0.4) is 0 Å². The van der Waals surface area contributed by atoms with E-state index in [0.29, 0.717) is 5.69 Å². The molecule has 17 heavy (non-hydrogen) atoms. The van der Waals surface area contributed by atoms with Gasteiger partial charge < -0.3 is 5.32 Å². The zero-order valence-electron chi connectivity index (χ0n) is 8.41. The van der Waals surface area contributed by atoms with Gasteiger partial charge in [0.1, 0.15) is 0 Å². The van der Waals surface area contributed by atoms with Gasteiger partial charge in [0, 0.05) is 5.69 Å². The number of benzene rings is 1. The number of hydrogen-bond donors (Lipinski definition) is 3. The van der Waals surface area contributed by atoms with Crippen molar-refractivity contribution in [2.75, 3.05) is 5.32 Å². The maximum atomic E-state index is 11.2. The Morgan fingerprint density at radius 2 is 1.82 bits per heavy atom. The predicted molar refractivity (Wildman–Crippen MR) is 70.5 cm³/mol. The fraction of sp³-hybridized carbons (Fsp3) is 0.222. The van der Waals surface area contributed by atoms with Gasteiger partial charge in [0.25, 0.3) is 10.1 Å². The first-order chi connectivity index (χ1) is 7.30. The summed E-state index contributed by atoms with van der Waals surface area (Å²) in [4.78, 5) is 11.0. The van der Waals surface area contributed by atoms with E-state index in [1.807, 2.05) is 0 Å². The first-order valence-corrected chi connectivity index (χ1v) is 6.33. The fourth-order valence-corrected chi connectivity index (χ4v) is 1.50. The number of carbonyl (C=O) groups is 1. The average Bonchev–Trinajstić information content (AvgIpc) is 2.17. The quantitative estimate of drug-likeness (QED) is 0.432. The van der Waals surface area contributed by atoms with Crippen LogP contribution < -0.4 is 5.32 Å². The van der Waals surface area contributed by atoms with Gasteiger partial charge in [-0.2, -0.15) is 21.0 Å². The minimum atomic E-state index is -4.19. The van der Waals surface area contributed by atoms with Crippen molar-refractivity contribution in [3.05, 3.63) is 24.3 Å². The van der Waals surface area contributed by atoms with Gasteiger partial charge in [0.05, 0.1) is 10.1 Å². The molecular formula is C9H12KNO4S2. The predicted octanol–water partition coefficient (Wildman–Crippen LogP) is 0.542. The molecule has 1 aromatic carbocycles. The van der Waals surface area contributed by atoms with Gasteiger partial charge in [-0.1, -0.05) is 0 Å². The summed E-state index contributed by atoms with van der Waals surface area (Å²) in [6.07, 6.45) is 0. The van der Waals surface area contributed by atoms with Crippen molar-refractivity contribution >= 4 is 85.7 Å². The molecule has 0 aliphatic carbocycles. The van der Waals surface area contributed by atoms with Crippen molar-refractivity contribution in [1.82, 2.24) is 0 Å². The Kier molecular flexibility index (Phi) is 7.49. The number of thiol groups is 1. The van der Waals surface area contributed by atoms with Crippen molar-refractivity contribution in [1.29, 1.82) is 0 Å². The molecule has 5 nitrogen and oxygen atoms in total. The summed E-state index contributed by atoms with van der Waals surface area (Å²) < 4.78 is 30.2. The van der Waals surface area contributed by atoms with Crippen LogP contribution in [0.2, 0.25) is 0 Å². The molecule has 2 N–H and O–H groups in total. The molecule has 0 saturated carbocycles. The summed E-state index contributed by atoms with van der Waals surface area (Å²) in [7, 11) is -4.19. The van der Waals surface area contributed by atoms with E-state index in [0.717, 1.165) is 0 Å². The van der Waals surface area contributed by atoms with Gasteiger partial charge in [-0.3, -0.25) is 9.35 Å². The minimum absolute atomic E-state index is 0. The monoisotopic (exact) mass is 301 g/mol. The van der Waals surface area contributed by atoms with Gasteiger partial charge in [-0.05, 0) is 31.2 Å². The van der Waals surface area contributed by atoms with Crippen LogP contribution in [-0.4, -0.2) is 75.5 Å². The summed E-state index contributed by atoms with van der Waals surface area (Å²) in [5.74, 6) is -0.289. The van der Waals surface area contributed by atoms with E-state index in [9.17, 15) is 13.2 Å². The molecule has 0 aromatic heterocycles. The van der Waals surface area contributed by atoms with Crippen LogP contribution in [0.5, 0.6) is 0 Å². The van der Waals surface area contributed by atoms with Crippen LogP contribution in [-0.2, 0) is 14.9 Å². The molecule has 1 rings (SSSR count). The summed E-state index contributed by atoms with van der Waals surface area (Å²) in [5, 5.41) is 2.07. The van der Waals surface area contributed by atoms with Gasteiger partial charge in [0.2, 0.25) is 5.91 Å². The molecule has 0 aliphatic heterocycles. The normalized spacial score (nSPS) is 12.4. The molecule has 90 valence electrons. The van der Waals surface area contributed by atoms with Crippen LogP contribution in [0.1, 0.15) is 6.92 Å². The Labute approximate surface area is 148 Å². The Balaban J connectivity index is 0.00000256. The number of hydrogen-bond acceptors (Lipinski definition) is 4. The number of rotatable bonds is 3. The van der Waals surface area contributed by atoms with Crippen LogP contribution in [0.15, 0.2) is 29.2 Å². The van der Waals surface area contributed by atoms with Crippen LogP contribution >= 0.6 is 12.6 Å². The van der Waals surface area contributed by atoms with Gasteiger partial charge in [-0.15, -0.1) is 0 Å². The number of carbonyl (C=O) groups excluding carboxylic acids is 1. The van der Waals surface area contributed by atoms with E-state index in [1.54, 1.807) is 6.92 Å². The van der Waals surface area contributed by atoms with Crippen molar-refractivity contribution in [3.63, 3.8) is 0 Å². The molecule has 0 radical (unpaired) electrons. The summed E-state index contributed by atoms with van der Waals surface area (Å²) in [6, 6.07) is 5.18. The Bertz CT molecular complexity index is 484. The van der Waals surface area contributed by atoms with E-state index >= 15 is 0 Å². The van der Waals surface area contributed by atoms with Gasteiger partial charge in [-0.25, -0.2) is 0 Å². The second-order valence-corrected chi connectivity index (χ2v) is 5.36. The number of amides is 1. The van der Waals surface area contributed by atoms with Crippen molar-refractivity contribution in [3.8, 4) is 0 Å². The number of anilines is 1. The van der Waals surface area contributed by atoms with E-state index in [1.165, 1.54) is 24.3 Å². The third kappa shape index (κ3) is 5.84. The zero-order valence-corrected chi connectivity index (χ0v) is 10.1. The van der Waals surface area contributed by atoms with Crippen molar-refractivity contribution in [2.45, 2.75) is 17.1 Å². The summed E-state index contributed by atoms with van der Waals surface area (Å²) >= 11 is 3.94. The molecule has 8 heteroatoms. The van der Waals surface area contributed by atoms with Crippen molar-refractivity contribution < 1.29 is 17.8 Å². The van der Waals surface area contributed by atoms with Crippen LogP contribution in [0, 0.1) is 0 Å². The molecule has 1 amide bonds. The first kappa shape index (κ1) is 17.6. The maximum absolute atomic E-state index is 11.2. The van der Waals surface area contributed by atoms with Crippen LogP contribution in [0.4, 0.5) is 5.69 Å². The Hall–Kier alpha value is 0.586. The van der Waals surface area contributed by atoms with Gasteiger partial charge in [0.15, 0.2) is 0 Å². The molecule has 1 unspecified atom stereocenters. The molecule has 0 aliphatic rings. The van der Waals surface area contributed by atoms with E-state index in [-0.39, 0.29) is 62.2 Å². The standard InChI is InChI=1S/C9H11NO4S2.K.H/c1-6(15)9(11)10-7-2-4-8(5-3-7)16(12,13)14;;/h2-6,15H,1H3,(H,10,11)(H,12,13,14);;. The average molecular weight is 301 g/mol. The molecule has 1 atom stereocenters. The number of nitrogens with one attached hydrogen (secondary N) is 1. The molecule has 0 spiro atoms. The zero-order chi connectivity index (χ0) is 12.3. The fourth-order valence-electron chi connectivity index (χ4n) is 0.957. The molecule has 0 fully saturated rings. The molecule has 1 aromatic rings. The Morgan fingerprint density at radius 1 is 1.35 bits per heavy atom. The summed E-state index contributed by atoms with van der Waals surface area (Å²) in [6.45, 7) is 1.62. The van der Waals surface area contributed by atoms with Crippen LogP contribution in [0.25, 0.3) is 0 Å². The molecular weight excluding hydrogens is 289 g/mol. The molecule has 0 bridgehead atoms. The third-order valence-corrected chi connectivity index (χ3v) is 2.90. The second-order valence-electron chi connectivity index (χ2n) is 3.16. The Morgan fingerprint density at radius 3 is 2.18 bits per heavy atom. The second kappa shape index (κ2) is 7.24.